The maximum Gasteiger partial charge on any atom is 1.00 e. The second-order valence-corrected chi connectivity index (χ2v) is 11.3. The summed E-state index contributed by atoms with van der Waals surface area (Å²) in [5.74, 6) is -0.368. The van der Waals surface area contributed by atoms with E-state index in [1.807, 2.05) is 35.8 Å². The Morgan fingerprint density at radius 1 is 0.650 bits per heavy atom. The number of hydrogen-bond donors (Lipinski definition) is 2. The largest absolute Gasteiger partial charge is 1.00 e. The van der Waals surface area contributed by atoms with Gasteiger partial charge in [-0.15, -0.1) is 0 Å². The minimum atomic E-state index is -4.15. The minimum absolute atomic E-state index is 0. The van der Waals surface area contributed by atoms with Crippen LogP contribution in [0, 0.1) is 0 Å². The molecule has 0 aliphatic heterocycles. The van der Waals surface area contributed by atoms with Gasteiger partial charge < -0.3 is 40.1 Å². The van der Waals surface area contributed by atoms with Crippen LogP contribution < -0.4 is 68.9 Å². The van der Waals surface area contributed by atoms with Crippen molar-refractivity contribution in [1.29, 1.82) is 0 Å². The maximum absolute atomic E-state index is 10.5. The summed E-state index contributed by atoms with van der Waals surface area (Å²) in [5.41, 5.74) is 1.67. The van der Waals surface area contributed by atoms with Crippen molar-refractivity contribution >= 4 is 31.6 Å². The van der Waals surface area contributed by atoms with Crippen molar-refractivity contribution in [3.8, 4) is 11.5 Å². The minimum Gasteiger partial charge on any atom is -0.748 e. The van der Waals surface area contributed by atoms with E-state index in [0.717, 1.165) is 37.3 Å². The molecule has 0 atom stereocenters. The van der Waals surface area contributed by atoms with Crippen LogP contribution in [0.1, 0.15) is 39.5 Å². The molecule has 0 spiro atoms. The van der Waals surface area contributed by atoms with Gasteiger partial charge >= 0.3 is 59.1 Å². The Hall–Kier alpha value is -0.620. The molecule has 12 nitrogen and oxygen atoms in total. The summed E-state index contributed by atoms with van der Waals surface area (Å²) in [6, 6.07) is 13.6. The Morgan fingerprint density at radius 3 is 1.23 bits per heavy atom. The molecule has 6 N–H and O–H groups in total. The molecule has 2 aromatic rings. The first-order valence-electron chi connectivity index (χ1n) is 11.8. The van der Waals surface area contributed by atoms with Crippen LogP contribution in [0.4, 0.5) is 11.4 Å². The molecular weight excluding hydrogens is 586 g/mol. The van der Waals surface area contributed by atoms with Crippen LogP contribution >= 0.6 is 0 Å². The van der Waals surface area contributed by atoms with E-state index in [1.54, 1.807) is 36.4 Å². The van der Waals surface area contributed by atoms with Crippen molar-refractivity contribution in [3.63, 3.8) is 0 Å². The van der Waals surface area contributed by atoms with Crippen molar-refractivity contribution in [2.75, 3.05) is 47.5 Å². The van der Waals surface area contributed by atoms with Gasteiger partial charge in [-0.05, 0) is 49.9 Å². The fourth-order valence-electron chi connectivity index (χ4n) is 3.52. The number of benzene rings is 2. The predicted octanol–water partition coefficient (Wildman–Crippen LogP) is -4.55. The van der Waals surface area contributed by atoms with Gasteiger partial charge in [0, 0.05) is 61.2 Å². The van der Waals surface area contributed by atoms with Crippen LogP contribution in [0.25, 0.3) is 0 Å². The van der Waals surface area contributed by atoms with Crippen LogP contribution in [0.5, 0.6) is 11.5 Å². The zero-order chi connectivity index (χ0) is 27.2. The summed E-state index contributed by atoms with van der Waals surface area (Å²) in [4.78, 5) is 3.93. The summed E-state index contributed by atoms with van der Waals surface area (Å²) < 4.78 is 63.3. The molecule has 0 fully saturated rings. The van der Waals surface area contributed by atoms with E-state index in [0.29, 0.717) is 25.9 Å². The summed E-state index contributed by atoms with van der Waals surface area (Å²) in [6.45, 7) is 6.50. The van der Waals surface area contributed by atoms with Crippen LogP contribution in [-0.2, 0) is 20.2 Å². The maximum atomic E-state index is 10.5. The third kappa shape index (κ3) is 22.0. The first-order valence-corrected chi connectivity index (χ1v) is 14.9. The summed E-state index contributed by atoms with van der Waals surface area (Å²) >= 11 is 0. The van der Waals surface area contributed by atoms with E-state index in [9.17, 15) is 36.2 Å². The number of rotatable bonds is 14. The zero-order valence-electron chi connectivity index (χ0n) is 23.7. The van der Waals surface area contributed by atoms with E-state index in [-0.39, 0.29) is 93.1 Å². The van der Waals surface area contributed by atoms with Crippen LogP contribution in [0.15, 0.2) is 48.5 Å². The second kappa shape index (κ2) is 23.9. The third-order valence-corrected chi connectivity index (χ3v) is 6.60. The standard InChI is InChI=1S/2C12H19NO4S.2Na.2H2O/c2*1-2-7-13(8-4-9-18(15,16)17)11-5-3-6-12(14)10-11;;;;/h2*3,5-6,10,14H,2,4,7-9H2,1H3,(H,15,16,17);;;2*1H2/q;;2*+1;;/p-2. The second-order valence-electron chi connectivity index (χ2n) is 8.24. The number of phenolic OH excluding ortho intramolecular Hbond substituents is 2. The molecule has 40 heavy (non-hydrogen) atoms. The molecular formula is C24H40N2Na2O10S2. The monoisotopic (exact) mass is 626 g/mol. The molecule has 0 aromatic heterocycles. The molecule has 2 rings (SSSR count). The Kier molecular flexibility index (Phi) is 27.7. The van der Waals surface area contributed by atoms with Gasteiger partial charge in [0.05, 0.1) is 20.2 Å². The van der Waals surface area contributed by atoms with E-state index in [4.69, 9.17) is 0 Å². The van der Waals surface area contributed by atoms with Gasteiger partial charge in [-0.3, -0.25) is 0 Å². The van der Waals surface area contributed by atoms with Gasteiger partial charge in [0.2, 0.25) is 0 Å². The van der Waals surface area contributed by atoms with Crippen molar-refractivity contribution in [3.05, 3.63) is 48.5 Å². The first-order chi connectivity index (χ1) is 16.8. The molecule has 0 aliphatic carbocycles. The molecule has 220 valence electrons. The molecule has 0 unspecified atom stereocenters. The van der Waals surface area contributed by atoms with Gasteiger partial charge in [0.25, 0.3) is 0 Å². The van der Waals surface area contributed by atoms with Gasteiger partial charge in [-0.25, -0.2) is 16.8 Å². The van der Waals surface area contributed by atoms with E-state index in [2.05, 4.69) is 0 Å². The van der Waals surface area contributed by atoms with Gasteiger partial charge in [-0.2, -0.15) is 0 Å². The summed E-state index contributed by atoms with van der Waals surface area (Å²) in [6.07, 6.45) is 2.39. The Bertz CT molecular complexity index is 1050. The summed E-state index contributed by atoms with van der Waals surface area (Å²) in [7, 11) is -8.30. The third-order valence-electron chi connectivity index (χ3n) is 5.02. The zero-order valence-corrected chi connectivity index (χ0v) is 29.4. The average molecular weight is 627 g/mol. The van der Waals surface area contributed by atoms with Crippen LogP contribution in [-0.4, -0.2) is 84.8 Å². The number of hydrogen-bond acceptors (Lipinski definition) is 10. The SMILES string of the molecule is CCCN(CCCS(=O)(=O)[O-])c1cccc(O)c1.CCCN(CCCS(=O)(=O)[O-])c1cccc(O)c1.O.O.[Na+].[Na+]. The van der Waals surface area contributed by atoms with E-state index >= 15 is 0 Å². The van der Waals surface area contributed by atoms with Crippen molar-refractivity contribution < 1.29 is 106 Å². The average Bonchev–Trinajstić information content (AvgIpc) is 2.77. The normalized spacial score (nSPS) is 10.3. The van der Waals surface area contributed by atoms with Crippen molar-refractivity contribution in [2.24, 2.45) is 0 Å². The van der Waals surface area contributed by atoms with Gasteiger partial charge in [-0.1, -0.05) is 26.0 Å². The number of anilines is 2. The smallest absolute Gasteiger partial charge is 0.748 e. The Labute approximate surface area is 282 Å². The molecule has 0 aliphatic rings. The summed E-state index contributed by atoms with van der Waals surface area (Å²) in [5, 5.41) is 18.8. The molecule has 0 heterocycles. The predicted molar refractivity (Wildman–Crippen MR) is 147 cm³/mol. The first kappa shape index (κ1) is 46.3. The quantitative estimate of drug-likeness (QED) is 0.151. The Morgan fingerprint density at radius 2 is 0.975 bits per heavy atom. The molecule has 0 radical (unpaired) electrons. The topological polar surface area (TPSA) is 224 Å². The number of nitrogens with zero attached hydrogens (tertiary/aromatic N) is 2. The molecule has 0 amide bonds. The van der Waals surface area contributed by atoms with Gasteiger partial charge in [0.15, 0.2) is 0 Å². The van der Waals surface area contributed by atoms with E-state index < -0.39 is 20.2 Å². The van der Waals surface area contributed by atoms with Crippen molar-refractivity contribution in [2.45, 2.75) is 39.5 Å². The number of phenols is 2. The fourth-order valence-corrected chi connectivity index (χ4v) is 4.49. The van der Waals surface area contributed by atoms with Crippen LogP contribution in [0.2, 0.25) is 0 Å². The Balaban J connectivity index is -0.000000295. The van der Waals surface area contributed by atoms with Crippen LogP contribution in [0.3, 0.4) is 0 Å². The van der Waals surface area contributed by atoms with E-state index in [1.165, 1.54) is 0 Å². The molecule has 0 bridgehead atoms. The fraction of sp³-hybridized carbons (Fsp3) is 0.500. The molecule has 16 heteroatoms. The molecule has 0 saturated heterocycles. The van der Waals surface area contributed by atoms with Crippen molar-refractivity contribution in [1.82, 2.24) is 0 Å². The number of aromatic hydroxyl groups is 2. The van der Waals surface area contributed by atoms with Gasteiger partial charge in [0.1, 0.15) is 11.5 Å². The molecule has 2 aromatic carbocycles. The molecule has 0 saturated carbocycles.